The van der Waals surface area contributed by atoms with Gasteiger partial charge in [-0.3, -0.25) is 9.69 Å². The number of aromatic nitrogens is 4. The Morgan fingerprint density at radius 1 is 1.00 bits per heavy atom. The third-order valence-corrected chi connectivity index (χ3v) is 5.09. The Morgan fingerprint density at radius 3 is 2.53 bits per heavy atom. The molecule has 8 nitrogen and oxygen atoms in total. The first-order valence-electron chi connectivity index (χ1n) is 9.27. The molecule has 1 aliphatic heterocycles. The van der Waals surface area contributed by atoms with Gasteiger partial charge < -0.3 is 5.32 Å². The van der Waals surface area contributed by atoms with Gasteiger partial charge in [-0.2, -0.15) is 0 Å². The van der Waals surface area contributed by atoms with Crippen molar-refractivity contribution in [2.75, 3.05) is 18.0 Å². The molecule has 30 heavy (non-hydrogen) atoms. The summed E-state index contributed by atoms with van der Waals surface area (Å²) in [5.41, 5.74) is 1.90. The summed E-state index contributed by atoms with van der Waals surface area (Å²) < 4.78 is 1.42. The minimum atomic E-state index is -0.326. The van der Waals surface area contributed by atoms with E-state index in [1.807, 2.05) is 24.3 Å². The lowest BCUT2D eigenvalue weighted by Crippen LogP contribution is -2.27. The predicted octanol–water partition coefficient (Wildman–Crippen LogP) is 3.03. The van der Waals surface area contributed by atoms with Crippen LogP contribution in [0.1, 0.15) is 0 Å². The van der Waals surface area contributed by atoms with Gasteiger partial charge in [-0.25, -0.2) is 24.3 Å². The summed E-state index contributed by atoms with van der Waals surface area (Å²) in [6.45, 7) is 1.22. The van der Waals surface area contributed by atoms with Gasteiger partial charge in [0.2, 0.25) is 0 Å². The summed E-state index contributed by atoms with van der Waals surface area (Å²) in [7, 11) is 0. The van der Waals surface area contributed by atoms with Crippen LogP contribution in [0.3, 0.4) is 0 Å². The molecule has 1 fully saturated rings. The lowest BCUT2D eigenvalue weighted by Gasteiger charge is -2.16. The lowest BCUT2D eigenvalue weighted by atomic mass is 10.1. The zero-order chi connectivity index (χ0) is 20.7. The maximum absolute atomic E-state index is 13.3. The van der Waals surface area contributed by atoms with Crippen LogP contribution in [0.4, 0.5) is 10.5 Å². The molecule has 0 atom stereocenters. The smallest absolute Gasteiger partial charge is 0.321 e. The second-order valence-corrected chi connectivity index (χ2v) is 7.15. The fourth-order valence-corrected chi connectivity index (χ4v) is 3.54. The van der Waals surface area contributed by atoms with Crippen molar-refractivity contribution >= 4 is 34.4 Å². The van der Waals surface area contributed by atoms with E-state index >= 15 is 0 Å². The monoisotopic (exact) mass is 418 g/mol. The van der Waals surface area contributed by atoms with E-state index in [1.54, 1.807) is 35.4 Å². The number of fused-ring (bicyclic) bond motifs is 1. The number of rotatable bonds is 3. The topological polar surface area (TPSA) is 93.0 Å². The van der Waals surface area contributed by atoms with Crippen LogP contribution >= 0.6 is 11.6 Å². The number of carbonyl (C=O) groups is 1. The van der Waals surface area contributed by atoms with Gasteiger partial charge in [-0.1, -0.05) is 11.6 Å². The summed E-state index contributed by atoms with van der Waals surface area (Å²) in [6.07, 6.45) is 3.03. The first-order valence-corrected chi connectivity index (χ1v) is 9.65. The van der Waals surface area contributed by atoms with Crippen LogP contribution in [0.15, 0.2) is 65.7 Å². The number of nitrogens with zero attached hydrogens (tertiary/aromatic N) is 5. The largest absolute Gasteiger partial charge is 0.336 e. The quantitative estimate of drug-likeness (QED) is 0.552. The number of anilines is 1. The number of carbonyl (C=O) groups excluding carboxylic acids is 1. The molecule has 9 heteroatoms. The Morgan fingerprint density at radius 2 is 1.83 bits per heavy atom. The first-order chi connectivity index (χ1) is 14.6. The number of benzene rings is 1. The van der Waals surface area contributed by atoms with Gasteiger partial charge >= 0.3 is 6.03 Å². The number of urea groups is 1. The van der Waals surface area contributed by atoms with Gasteiger partial charge in [0.15, 0.2) is 5.52 Å². The molecule has 0 aliphatic carbocycles. The zero-order valence-electron chi connectivity index (χ0n) is 15.6. The van der Waals surface area contributed by atoms with E-state index in [0.29, 0.717) is 40.8 Å². The number of nitrogens with one attached hydrogen (secondary N) is 1. The number of hydrogen-bond acceptors (Lipinski definition) is 5. The number of amides is 2. The molecule has 3 aromatic heterocycles. The molecule has 1 N–H and O–H groups in total. The molecule has 5 rings (SSSR count). The molecule has 0 spiro atoms. The Kier molecular flexibility index (Phi) is 4.40. The van der Waals surface area contributed by atoms with E-state index < -0.39 is 0 Å². The molecule has 0 bridgehead atoms. The predicted molar refractivity (Wildman–Crippen MR) is 114 cm³/mol. The maximum atomic E-state index is 13.3. The maximum Gasteiger partial charge on any atom is 0.321 e. The third kappa shape index (κ3) is 3.07. The summed E-state index contributed by atoms with van der Waals surface area (Å²) in [4.78, 5) is 40.0. The van der Waals surface area contributed by atoms with Gasteiger partial charge in [-0.05, 0) is 48.5 Å². The van der Waals surface area contributed by atoms with Crippen molar-refractivity contribution in [2.45, 2.75) is 0 Å². The van der Waals surface area contributed by atoms with Crippen LogP contribution in [0.2, 0.25) is 5.02 Å². The van der Waals surface area contributed by atoms with Crippen molar-refractivity contribution < 1.29 is 4.79 Å². The summed E-state index contributed by atoms with van der Waals surface area (Å²) >= 11 is 5.97. The molecular formula is C21H15ClN6O2. The van der Waals surface area contributed by atoms with Gasteiger partial charge in [0.25, 0.3) is 5.56 Å². The minimum absolute atomic E-state index is 0.125. The fourth-order valence-electron chi connectivity index (χ4n) is 3.43. The van der Waals surface area contributed by atoms with E-state index in [4.69, 9.17) is 11.6 Å². The van der Waals surface area contributed by atoms with Gasteiger partial charge in [0.05, 0.1) is 10.5 Å². The average molecular weight is 419 g/mol. The number of pyridine rings is 2. The lowest BCUT2D eigenvalue weighted by molar-refractivity contribution is 0.252. The Labute approximate surface area is 175 Å². The first kappa shape index (κ1) is 18.3. The van der Waals surface area contributed by atoms with Crippen LogP contribution in [0.5, 0.6) is 0 Å². The Bertz CT molecular complexity index is 1320. The molecule has 1 aliphatic rings. The highest BCUT2D eigenvalue weighted by atomic mass is 35.5. The summed E-state index contributed by atoms with van der Waals surface area (Å²) in [5, 5.41) is 3.25. The fraction of sp³-hybridized carbons (Fsp3) is 0.0952. The minimum Gasteiger partial charge on any atom is -0.336 e. The summed E-state index contributed by atoms with van der Waals surface area (Å²) in [5.74, 6) is 0.815. The van der Waals surface area contributed by atoms with Gasteiger partial charge in [-0.15, -0.1) is 0 Å². The van der Waals surface area contributed by atoms with Crippen molar-refractivity contribution in [1.29, 1.82) is 0 Å². The van der Waals surface area contributed by atoms with Crippen molar-refractivity contribution in [3.8, 4) is 17.2 Å². The standard InChI is InChI=1S/C21H15ClN6O2/c22-14-5-8-17(25-12-14)28-19(26-16-2-1-9-23-18(16)20(28)29)13-3-6-15(7-4-13)27-11-10-24-21(27)30/h1-9,12H,10-11H2,(H,24,30). The van der Waals surface area contributed by atoms with Crippen LogP contribution in [0.25, 0.3) is 28.2 Å². The number of hydrogen-bond donors (Lipinski definition) is 1. The molecule has 0 radical (unpaired) electrons. The molecule has 2 amide bonds. The second-order valence-electron chi connectivity index (χ2n) is 6.71. The van der Waals surface area contributed by atoms with Crippen molar-refractivity contribution in [1.82, 2.24) is 24.8 Å². The van der Waals surface area contributed by atoms with Crippen molar-refractivity contribution in [2.24, 2.45) is 0 Å². The molecule has 0 saturated carbocycles. The molecule has 4 aromatic rings. The van der Waals surface area contributed by atoms with E-state index in [9.17, 15) is 9.59 Å². The summed E-state index contributed by atoms with van der Waals surface area (Å²) in [6, 6.07) is 14.0. The van der Waals surface area contributed by atoms with Crippen molar-refractivity contribution in [3.05, 3.63) is 76.3 Å². The molecule has 1 aromatic carbocycles. The SMILES string of the molecule is O=C1NCCN1c1ccc(-c2nc3cccnc3c(=O)n2-c2ccc(Cl)cn2)cc1. The van der Waals surface area contributed by atoms with Crippen LogP contribution in [-0.2, 0) is 0 Å². The second kappa shape index (κ2) is 7.23. The average Bonchev–Trinajstić information content (AvgIpc) is 3.20. The van der Waals surface area contributed by atoms with Crippen LogP contribution < -0.4 is 15.8 Å². The molecule has 148 valence electrons. The molecule has 0 unspecified atom stereocenters. The third-order valence-electron chi connectivity index (χ3n) is 4.87. The van der Waals surface area contributed by atoms with Crippen molar-refractivity contribution in [3.63, 3.8) is 0 Å². The normalized spacial score (nSPS) is 13.6. The molecule has 1 saturated heterocycles. The highest BCUT2D eigenvalue weighted by molar-refractivity contribution is 6.30. The highest BCUT2D eigenvalue weighted by Crippen LogP contribution is 2.25. The van der Waals surface area contributed by atoms with Crippen LogP contribution in [-0.4, -0.2) is 38.6 Å². The van der Waals surface area contributed by atoms with Gasteiger partial charge in [0, 0.05) is 36.7 Å². The van der Waals surface area contributed by atoms with E-state index in [1.165, 1.54) is 10.8 Å². The Hall–Kier alpha value is -3.78. The van der Waals surface area contributed by atoms with E-state index in [0.717, 1.165) is 5.69 Å². The molecular weight excluding hydrogens is 404 g/mol. The highest BCUT2D eigenvalue weighted by Gasteiger charge is 2.21. The number of halogens is 1. The van der Waals surface area contributed by atoms with Crippen LogP contribution in [0, 0.1) is 0 Å². The zero-order valence-corrected chi connectivity index (χ0v) is 16.4. The molecule has 4 heterocycles. The Balaban J connectivity index is 1.69. The van der Waals surface area contributed by atoms with E-state index in [-0.39, 0.29) is 17.1 Å². The van der Waals surface area contributed by atoms with Gasteiger partial charge in [0.1, 0.15) is 11.6 Å². The van der Waals surface area contributed by atoms with E-state index in [2.05, 4.69) is 20.3 Å².